The molecule has 0 radical (unpaired) electrons. The molecule has 0 spiro atoms. The lowest BCUT2D eigenvalue weighted by atomic mass is 9.94. The molecule has 4 aliphatic heterocycles. The van der Waals surface area contributed by atoms with Gasteiger partial charge in [0.1, 0.15) is 5.52 Å². The summed E-state index contributed by atoms with van der Waals surface area (Å²) in [6, 6.07) is 6.56. The van der Waals surface area contributed by atoms with Gasteiger partial charge >= 0.3 is 0 Å². The van der Waals surface area contributed by atoms with Crippen LogP contribution in [0.1, 0.15) is 41.9 Å². The molecule has 5 heterocycles. The summed E-state index contributed by atoms with van der Waals surface area (Å²) >= 11 is 0. The quantitative estimate of drug-likeness (QED) is 0.815. The highest BCUT2D eigenvalue weighted by atomic mass is 16.5. The van der Waals surface area contributed by atoms with Crippen molar-refractivity contribution in [2.75, 3.05) is 32.8 Å². The largest absolute Gasteiger partial charge is 0.441 e. The Morgan fingerprint density at radius 2 is 1.93 bits per heavy atom. The van der Waals surface area contributed by atoms with Crippen molar-refractivity contribution in [3.05, 3.63) is 29.7 Å². The summed E-state index contributed by atoms with van der Waals surface area (Å²) in [5.41, 5.74) is 2.22. The van der Waals surface area contributed by atoms with Crippen LogP contribution < -0.4 is 0 Å². The van der Waals surface area contributed by atoms with Gasteiger partial charge in [-0.05, 0) is 49.8 Å². The van der Waals surface area contributed by atoms with E-state index in [4.69, 9.17) is 9.15 Å². The molecule has 0 N–H and O–H groups in total. The second-order valence-electron chi connectivity index (χ2n) is 8.27. The lowest BCUT2D eigenvalue weighted by Gasteiger charge is -2.37. The molecule has 1 aromatic heterocycles. The second kappa shape index (κ2) is 6.91. The Morgan fingerprint density at radius 3 is 2.78 bits per heavy atom. The maximum Gasteiger partial charge on any atom is 0.254 e. The standard InChI is InChI=1S/C21H27N3O3/c1-14-22-19-5-3-16(10-20(19)27-14)21(25)24-12-15-2-4-18(24)13-23(11-15)17-6-8-26-9-7-17/h3,5,10,15,17-18H,2,4,6-9,11-13H2,1H3/t15-,18+/m0/s1. The predicted octanol–water partition coefficient (Wildman–Crippen LogP) is 2.85. The average molecular weight is 369 g/mol. The molecule has 0 aliphatic carbocycles. The zero-order valence-electron chi connectivity index (χ0n) is 15.9. The normalized spacial score (nSPS) is 27.2. The van der Waals surface area contributed by atoms with Crippen molar-refractivity contribution >= 4 is 17.0 Å². The number of fused-ring (bicyclic) bond motifs is 5. The van der Waals surface area contributed by atoms with Crippen molar-refractivity contribution in [3.63, 3.8) is 0 Å². The first-order valence-electron chi connectivity index (χ1n) is 10.2. The molecule has 2 bridgehead atoms. The van der Waals surface area contributed by atoms with Gasteiger partial charge in [0.15, 0.2) is 11.5 Å². The minimum Gasteiger partial charge on any atom is -0.441 e. The van der Waals surface area contributed by atoms with Crippen LogP contribution >= 0.6 is 0 Å². The van der Waals surface area contributed by atoms with Crippen molar-refractivity contribution in [1.82, 2.24) is 14.8 Å². The number of carbonyl (C=O) groups excluding carboxylic acids is 1. The second-order valence-corrected chi connectivity index (χ2v) is 8.27. The third-order valence-corrected chi connectivity index (χ3v) is 6.45. The lowest BCUT2D eigenvalue weighted by Crippen LogP contribution is -2.48. The number of oxazole rings is 1. The Bertz CT molecular complexity index is 842. The van der Waals surface area contributed by atoms with E-state index in [0.717, 1.165) is 57.6 Å². The van der Waals surface area contributed by atoms with E-state index in [1.54, 1.807) is 0 Å². The highest BCUT2D eigenvalue weighted by Gasteiger charge is 2.39. The van der Waals surface area contributed by atoms with Crippen LogP contribution in [0.15, 0.2) is 22.6 Å². The van der Waals surface area contributed by atoms with Gasteiger partial charge in [-0.25, -0.2) is 4.98 Å². The summed E-state index contributed by atoms with van der Waals surface area (Å²) in [5, 5.41) is 0. The van der Waals surface area contributed by atoms with Gasteiger partial charge in [0, 0.05) is 57.4 Å². The lowest BCUT2D eigenvalue weighted by molar-refractivity contribution is 0.0304. The molecule has 4 fully saturated rings. The van der Waals surface area contributed by atoms with Crippen LogP contribution in [0.25, 0.3) is 11.1 Å². The summed E-state index contributed by atoms with van der Waals surface area (Å²) in [7, 11) is 0. The Labute approximate surface area is 159 Å². The predicted molar refractivity (Wildman–Crippen MR) is 102 cm³/mol. The van der Waals surface area contributed by atoms with E-state index in [1.165, 1.54) is 6.42 Å². The number of nitrogens with zero attached hydrogens (tertiary/aromatic N) is 3. The topological polar surface area (TPSA) is 58.8 Å². The molecule has 6 rings (SSSR count). The Balaban J connectivity index is 1.37. The molecule has 27 heavy (non-hydrogen) atoms. The SMILES string of the molecule is Cc1nc2ccc(C(=O)N3C[C@H]4CC[C@@H]3CN(C3CCOCC3)C4)cc2o1. The highest BCUT2D eigenvalue weighted by molar-refractivity contribution is 5.97. The van der Waals surface area contributed by atoms with E-state index >= 15 is 0 Å². The summed E-state index contributed by atoms with van der Waals surface area (Å²) in [6.07, 6.45) is 4.58. The number of aromatic nitrogens is 1. The van der Waals surface area contributed by atoms with Crippen LogP contribution in [0.5, 0.6) is 0 Å². The Morgan fingerprint density at radius 1 is 1.07 bits per heavy atom. The number of benzene rings is 1. The van der Waals surface area contributed by atoms with Crippen molar-refractivity contribution in [2.24, 2.45) is 5.92 Å². The number of hydrogen-bond acceptors (Lipinski definition) is 5. The molecule has 6 heteroatoms. The summed E-state index contributed by atoms with van der Waals surface area (Å²) in [5.74, 6) is 1.34. The third-order valence-electron chi connectivity index (χ3n) is 6.45. The highest BCUT2D eigenvalue weighted by Crippen LogP contribution is 2.32. The number of aryl methyl sites for hydroxylation is 1. The van der Waals surface area contributed by atoms with Crippen LogP contribution in [-0.2, 0) is 4.74 Å². The molecule has 2 atom stereocenters. The van der Waals surface area contributed by atoms with Gasteiger partial charge < -0.3 is 14.1 Å². The minimum absolute atomic E-state index is 0.134. The monoisotopic (exact) mass is 369 g/mol. The molecule has 6 nitrogen and oxygen atoms in total. The van der Waals surface area contributed by atoms with E-state index in [-0.39, 0.29) is 5.91 Å². The fourth-order valence-corrected chi connectivity index (χ4v) is 5.05. The van der Waals surface area contributed by atoms with Gasteiger partial charge in [-0.1, -0.05) is 0 Å². The van der Waals surface area contributed by atoms with Crippen LogP contribution in [-0.4, -0.2) is 65.6 Å². The van der Waals surface area contributed by atoms with Gasteiger partial charge in [-0.2, -0.15) is 0 Å². The summed E-state index contributed by atoms with van der Waals surface area (Å²) in [4.78, 5) is 22.4. The molecule has 1 aromatic carbocycles. The number of ether oxygens (including phenoxy) is 1. The number of hydrogen-bond donors (Lipinski definition) is 0. The molecular weight excluding hydrogens is 342 g/mol. The van der Waals surface area contributed by atoms with E-state index < -0.39 is 0 Å². The first-order chi connectivity index (χ1) is 13.2. The van der Waals surface area contributed by atoms with Crippen molar-refractivity contribution in [3.8, 4) is 0 Å². The zero-order chi connectivity index (χ0) is 18.4. The first-order valence-corrected chi connectivity index (χ1v) is 10.2. The molecule has 2 aromatic rings. The number of rotatable bonds is 2. The van der Waals surface area contributed by atoms with E-state index in [1.807, 2.05) is 25.1 Å². The zero-order valence-corrected chi connectivity index (χ0v) is 15.9. The maximum absolute atomic E-state index is 13.3. The minimum atomic E-state index is 0.134. The summed E-state index contributed by atoms with van der Waals surface area (Å²) < 4.78 is 11.2. The van der Waals surface area contributed by atoms with E-state index in [0.29, 0.717) is 35.0 Å². The first kappa shape index (κ1) is 17.2. The van der Waals surface area contributed by atoms with Crippen molar-refractivity contribution in [1.29, 1.82) is 0 Å². The van der Waals surface area contributed by atoms with Crippen LogP contribution in [0.4, 0.5) is 0 Å². The van der Waals surface area contributed by atoms with Crippen LogP contribution in [0.3, 0.4) is 0 Å². The van der Waals surface area contributed by atoms with Crippen molar-refractivity contribution < 1.29 is 13.9 Å². The van der Waals surface area contributed by atoms with E-state index in [2.05, 4.69) is 14.8 Å². The van der Waals surface area contributed by atoms with Gasteiger partial charge in [0.25, 0.3) is 5.91 Å². The average Bonchev–Trinajstić information content (AvgIpc) is 2.85. The fraction of sp³-hybridized carbons (Fsp3) is 0.619. The fourth-order valence-electron chi connectivity index (χ4n) is 5.05. The molecular formula is C21H27N3O3. The molecule has 0 unspecified atom stereocenters. The third kappa shape index (κ3) is 3.25. The Hall–Kier alpha value is -1.92. The van der Waals surface area contributed by atoms with E-state index in [9.17, 15) is 4.79 Å². The van der Waals surface area contributed by atoms with Gasteiger partial charge in [-0.3, -0.25) is 9.69 Å². The Kier molecular flexibility index (Phi) is 4.40. The van der Waals surface area contributed by atoms with Crippen LogP contribution in [0.2, 0.25) is 0 Å². The number of amides is 1. The summed E-state index contributed by atoms with van der Waals surface area (Å²) in [6.45, 7) is 6.56. The maximum atomic E-state index is 13.3. The van der Waals surface area contributed by atoms with Gasteiger partial charge in [0.2, 0.25) is 0 Å². The van der Waals surface area contributed by atoms with Gasteiger partial charge in [-0.15, -0.1) is 0 Å². The molecule has 1 amide bonds. The van der Waals surface area contributed by atoms with Crippen LogP contribution in [0, 0.1) is 12.8 Å². The smallest absolute Gasteiger partial charge is 0.254 e. The molecule has 4 aliphatic rings. The molecule has 0 saturated carbocycles. The van der Waals surface area contributed by atoms with Gasteiger partial charge in [0.05, 0.1) is 0 Å². The molecule has 144 valence electrons. The number of carbonyl (C=O) groups is 1. The molecule has 4 saturated heterocycles. The van der Waals surface area contributed by atoms with Crippen molar-refractivity contribution in [2.45, 2.75) is 44.7 Å². The number of piperidine rings is 1.